The summed E-state index contributed by atoms with van der Waals surface area (Å²) in [7, 11) is 0. The fourth-order valence-electron chi connectivity index (χ4n) is 9.87. The minimum Gasteiger partial charge on any atom is -0.0820 e. The van der Waals surface area contributed by atoms with E-state index in [0.717, 1.165) is 42.4 Å². The molecule has 4 fully saturated rings. The van der Waals surface area contributed by atoms with Crippen LogP contribution in [0.15, 0.2) is 0 Å². The molecule has 2 heteroatoms. The molecular weight excluding hydrogens is 406 g/mol. The van der Waals surface area contributed by atoms with E-state index in [1.165, 1.54) is 51.4 Å². The van der Waals surface area contributed by atoms with E-state index in [1.54, 1.807) is 116 Å². The molecule has 0 nitrogen and oxygen atoms in total. The Morgan fingerprint density at radius 2 is 0.765 bits per heavy atom. The van der Waals surface area contributed by atoms with E-state index in [0.29, 0.717) is 0 Å². The quantitative estimate of drug-likeness (QED) is 0.198. The lowest BCUT2D eigenvalue weighted by molar-refractivity contribution is 0.443. The van der Waals surface area contributed by atoms with E-state index in [1.807, 2.05) is 0 Å². The molecule has 4 rings (SSSR count). The maximum absolute atomic E-state index is 2.38. The Bertz CT molecular complexity index is 433. The molecule has 0 unspecified atom stereocenters. The summed E-state index contributed by atoms with van der Waals surface area (Å²) >= 11 is 0. The standard InChI is InChI=1S/C32H60B2/c1-2-3-4-5-18-27-32(33(28-19-10-6-11-20-28)29-21-12-7-13-22-29)34(30-23-14-8-15-24-30)31-25-16-9-17-26-31/h28-32H,2-27H2,1H3. The second-order valence-electron chi connectivity index (χ2n) is 13.6. The van der Waals surface area contributed by atoms with Gasteiger partial charge in [0, 0.05) is 0 Å². The average molecular weight is 466 g/mol. The van der Waals surface area contributed by atoms with Crippen molar-refractivity contribution in [2.24, 2.45) is 0 Å². The molecule has 0 heterocycles. The van der Waals surface area contributed by atoms with Crippen molar-refractivity contribution in [3.63, 3.8) is 0 Å². The first-order valence-corrected chi connectivity index (χ1v) is 16.9. The molecule has 4 saturated carbocycles. The number of hydrogen-bond donors (Lipinski definition) is 0. The molecule has 4 aliphatic carbocycles. The van der Waals surface area contributed by atoms with Crippen molar-refractivity contribution in [1.82, 2.24) is 0 Å². The highest BCUT2D eigenvalue weighted by Gasteiger charge is 2.48. The molecule has 0 radical (unpaired) electrons. The lowest BCUT2D eigenvalue weighted by Gasteiger charge is -2.47. The third kappa shape index (κ3) is 7.81. The Labute approximate surface area is 216 Å². The topological polar surface area (TPSA) is 0 Å². The van der Waals surface area contributed by atoms with Gasteiger partial charge in [0.05, 0.1) is 0 Å². The van der Waals surface area contributed by atoms with Crippen molar-refractivity contribution in [2.45, 2.75) is 203 Å². The van der Waals surface area contributed by atoms with Crippen LogP contribution >= 0.6 is 0 Å². The third-order valence-corrected chi connectivity index (χ3v) is 11.4. The van der Waals surface area contributed by atoms with Gasteiger partial charge in [-0.25, -0.2) is 0 Å². The first-order chi connectivity index (χ1) is 16.9. The molecule has 0 amide bonds. The van der Waals surface area contributed by atoms with E-state index >= 15 is 0 Å². The lowest BCUT2D eigenvalue weighted by atomic mass is 9.08. The van der Waals surface area contributed by atoms with Gasteiger partial charge in [-0.05, 0) is 0 Å². The zero-order valence-electron chi connectivity index (χ0n) is 23.4. The minimum atomic E-state index is 1.08. The Balaban J connectivity index is 1.60. The van der Waals surface area contributed by atoms with Crippen LogP contribution < -0.4 is 0 Å². The molecule has 194 valence electrons. The van der Waals surface area contributed by atoms with Crippen LogP contribution in [-0.2, 0) is 0 Å². The molecule has 0 saturated heterocycles. The summed E-state index contributed by atoms with van der Waals surface area (Å²) in [6.07, 6.45) is 40.3. The first-order valence-electron chi connectivity index (χ1n) is 16.9. The highest BCUT2D eigenvalue weighted by Crippen LogP contribution is 2.54. The van der Waals surface area contributed by atoms with Gasteiger partial charge in [0.1, 0.15) is 13.4 Å². The maximum atomic E-state index is 2.38. The number of rotatable bonds is 12. The van der Waals surface area contributed by atoms with Gasteiger partial charge in [0.15, 0.2) is 0 Å². The third-order valence-electron chi connectivity index (χ3n) is 11.4. The summed E-state index contributed by atoms with van der Waals surface area (Å²) in [5, 5.41) is 0. The molecule has 0 aromatic rings. The summed E-state index contributed by atoms with van der Waals surface area (Å²) in [5.41, 5.74) is 1.08. The van der Waals surface area contributed by atoms with Crippen molar-refractivity contribution in [3.8, 4) is 0 Å². The summed E-state index contributed by atoms with van der Waals surface area (Å²) in [6.45, 7) is 4.58. The first kappa shape index (κ1) is 27.2. The average Bonchev–Trinajstić information content (AvgIpc) is 2.91. The van der Waals surface area contributed by atoms with Crippen LogP contribution in [0.5, 0.6) is 0 Å². The van der Waals surface area contributed by atoms with Crippen LogP contribution in [0.1, 0.15) is 174 Å². The SMILES string of the molecule is CCCCCCCC(B(C1CCCCC1)C1CCCCC1)B(C1CCCCC1)C1CCCCC1. The highest BCUT2D eigenvalue weighted by molar-refractivity contribution is 6.82. The zero-order chi connectivity index (χ0) is 23.4. The number of unbranched alkanes of at least 4 members (excludes halogenated alkanes) is 4. The molecular formula is C32H60B2. The van der Waals surface area contributed by atoms with Crippen LogP contribution in [0.2, 0.25) is 29.0 Å². The molecule has 0 N–H and O–H groups in total. The molecule has 0 atom stereocenters. The Morgan fingerprint density at radius 3 is 1.09 bits per heavy atom. The molecule has 0 aromatic carbocycles. The van der Waals surface area contributed by atoms with Gasteiger partial charge in [-0.3, -0.25) is 0 Å². The lowest BCUT2D eigenvalue weighted by Crippen LogP contribution is -2.46. The van der Waals surface area contributed by atoms with Crippen LogP contribution in [0.4, 0.5) is 0 Å². The summed E-state index contributed by atoms with van der Waals surface area (Å²) in [4.78, 5) is 0. The van der Waals surface area contributed by atoms with E-state index in [-0.39, 0.29) is 0 Å². The smallest absolute Gasteiger partial charge is 0.0820 e. The Kier molecular flexibility index (Phi) is 12.3. The van der Waals surface area contributed by atoms with Crippen molar-refractivity contribution in [2.75, 3.05) is 0 Å². The molecule has 0 bridgehead atoms. The summed E-state index contributed by atoms with van der Waals surface area (Å²) < 4.78 is 0. The fraction of sp³-hybridized carbons (Fsp3) is 1.00. The van der Waals surface area contributed by atoms with Crippen molar-refractivity contribution < 1.29 is 0 Å². The van der Waals surface area contributed by atoms with E-state index in [4.69, 9.17) is 0 Å². The highest BCUT2D eigenvalue weighted by atomic mass is 14.3. The summed E-state index contributed by atoms with van der Waals surface area (Å²) in [6, 6.07) is 0. The molecule has 0 aromatic heterocycles. The Morgan fingerprint density at radius 1 is 0.441 bits per heavy atom. The molecule has 0 aliphatic heterocycles. The van der Waals surface area contributed by atoms with Gasteiger partial charge >= 0.3 is 0 Å². The van der Waals surface area contributed by atoms with Crippen LogP contribution in [0.3, 0.4) is 0 Å². The van der Waals surface area contributed by atoms with Crippen molar-refractivity contribution in [1.29, 1.82) is 0 Å². The fourth-order valence-corrected chi connectivity index (χ4v) is 9.87. The molecule has 34 heavy (non-hydrogen) atoms. The van der Waals surface area contributed by atoms with E-state index in [9.17, 15) is 0 Å². The van der Waals surface area contributed by atoms with Crippen LogP contribution in [0.25, 0.3) is 0 Å². The largest absolute Gasteiger partial charge is 0.142 e. The second kappa shape index (κ2) is 15.4. The van der Waals surface area contributed by atoms with Gasteiger partial charge < -0.3 is 0 Å². The van der Waals surface area contributed by atoms with E-state index in [2.05, 4.69) is 6.92 Å². The van der Waals surface area contributed by atoms with Gasteiger partial charge in [-0.1, -0.05) is 203 Å². The Hall–Kier alpha value is 0.130. The second-order valence-corrected chi connectivity index (χ2v) is 13.6. The van der Waals surface area contributed by atoms with Crippen molar-refractivity contribution >= 4 is 13.4 Å². The molecule has 0 spiro atoms. The number of hydrogen-bond acceptors (Lipinski definition) is 0. The summed E-state index contributed by atoms with van der Waals surface area (Å²) in [5.74, 6) is 4.36. The van der Waals surface area contributed by atoms with Gasteiger partial charge in [0.2, 0.25) is 0 Å². The van der Waals surface area contributed by atoms with Crippen molar-refractivity contribution in [3.05, 3.63) is 0 Å². The predicted molar refractivity (Wildman–Crippen MR) is 156 cm³/mol. The van der Waals surface area contributed by atoms with E-state index < -0.39 is 0 Å². The minimum absolute atomic E-state index is 1.08. The monoisotopic (exact) mass is 466 g/mol. The normalized spacial score (nSPS) is 24.5. The van der Waals surface area contributed by atoms with Gasteiger partial charge in [-0.15, -0.1) is 0 Å². The van der Waals surface area contributed by atoms with Gasteiger partial charge in [-0.2, -0.15) is 0 Å². The van der Waals surface area contributed by atoms with Crippen LogP contribution in [0, 0.1) is 0 Å². The maximum Gasteiger partial charge on any atom is 0.142 e. The molecule has 4 aliphatic rings. The van der Waals surface area contributed by atoms with Gasteiger partial charge in [0.25, 0.3) is 0 Å². The predicted octanol–water partition coefficient (Wildman–Crippen LogP) is 11.6. The van der Waals surface area contributed by atoms with Crippen LogP contribution in [-0.4, -0.2) is 13.4 Å². The zero-order valence-corrected chi connectivity index (χ0v) is 23.4.